The SMILES string of the molecule is C[C@@H]1CN(C(=O)CN[C@H](Cc2ccccc2)C2CC2)CCO1. The van der Waals surface area contributed by atoms with Crippen molar-refractivity contribution >= 4 is 5.91 Å². The Morgan fingerprint density at radius 1 is 1.36 bits per heavy atom. The van der Waals surface area contributed by atoms with E-state index in [0.29, 0.717) is 25.7 Å². The van der Waals surface area contributed by atoms with Gasteiger partial charge < -0.3 is 15.0 Å². The summed E-state index contributed by atoms with van der Waals surface area (Å²) in [4.78, 5) is 14.3. The van der Waals surface area contributed by atoms with Crippen molar-refractivity contribution in [3.8, 4) is 0 Å². The standard InChI is InChI=1S/C18H26N2O2/c1-14-13-20(9-10-22-14)18(21)12-19-17(16-7-8-16)11-15-5-3-2-4-6-15/h2-6,14,16-17,19H,7-13H2,1H3/t14-,17-/m1/s1. The molecule has 120 valence electrons. The van der Waals surface area contributed by atoms with Crippen LogP contribution < -0.4 is 5.32 Å². The van der Waals surface area contributed by atoms with Crippen molar-refractivity contribution in [3.05, 3.63) is 35.9 Å². The van der Waals surface area contributed by atoms with Crippen molar-refractivity contribution in [1.29, 1.82) is 0 Å². The van der Waals surface area contributed by atoms with Crippen LogP contribution in [0.25, 0.3) is 0 Å². The summed E-state index contributed by atoms with van der Waals surface area (Å²) in [5, 5.41) is 3.51. The van der Waals surface area contributed by atoms with Crippen LogP contribution in [0.1, 0.15) is 25.3 Å². The minimum atomic E-state index is 0.154. The lowest BCUT2D eigenvalue weighted by Crippen LogP contribution is -2.49. The fourth-order valence-electron chi connectivity index (χ4n) is 3.15. The molecule has 1 amide bonds. The van der Waals surface area contributed by atoms with Crippen LogP contribution >= 0.6 is 0 Å². The second-order valence-electron chi connectivity index (χ2n) is 6.54. The molecule has 2 aliphatic rings. The van der Waals surface area contributed by atoms with E-state index in [0.717, 1.165) is 18.9 Å². The molecular weight excluding hydrogens is 276 g/mol. The van der Waals surface area contributed by atoms with E-state index < -0.39 is 0 Å². The van der Waals surface area contributed by atoms with Gasteiger partial charge in [0.2, 0.25) is 5.91 Å². The quantitative estimate of drug-likeness (QED) is 0.872. The van der Waals surface area contributed by atoms with Crippen molar-refractivity contribution in [2.75, 3.05) is 26.2 Å². The molecule has 2 fully saturated rings. The van der Waals surface area contributed by atoms with Crippen molar-refractivity contribution in [3.63, 3.8) is 0 Å². The minimum absolute atomic E-state index is 0.154. The molecule has 1 aliphatic heterocycles. The zero-order chi connectivity index (χ0) is 15.4. The average Bonchev–Trinajstić information content (AvgIpc) is 3.37. The molecule has 1 N–H and O–H groups in total. The maximum Gasteiger partial charge on any atom is 0.236 e. The van der Waals surface area contributed by atoms with Gasteiger partial charge in [-0.05, 0) is 37.7 Å². The monoisotopic (exact) mass is 302 g/mol. The number of carbonyl (C=O) groups is 1. The van der Waals surface area contributed by atoms with Crippen molar-refractivity contribution in [2.45, 2.75) is 38.3 Å². The molecule has 4 nitrogen and oxygen atoms in total. The summed E-state index contributed by atoms with van der Waals surface area (Å²) in [6.45, 7) is 4.56. The van der Waals surface area contributed by atoms with Crippen molar-refractivity contribution in [2.24, 2.45) is 5.92 Å². The molecule has 1 aromatic carbocycles. The summed E-state index contributed by atoms with van der Waals surface area (Å²) in [5.41, 5.74) is 1.35. The average molecular weight is 302 g/mol. The summed E-state index contributed by atoms with van der Waals surface area (Å²) in [5.74, 6) is 0.936. The molecule has 0 spiro atoms. The van der Waals surface area contributed by atoms with Gasteiger partial charge in [-0.2, -0.15) is 0 Å². The second kappa shape index (κ2) is 7.25. The summed E-state index contributed by atoms with van der Waals surface area (Å²) in [7, 11) is 0. The van der Waals surface area contributed by atoms with Gasteiger partial charge in [0, 0.05) is 19.1 Å². The predicted molar refractivity (Wildman–Crippen MR) is 86.7 cm³/mol. The Hall–Kier alpha value is -1.39. The molecule has 1 heterocycles. The second-order valence-corrected chi connectivity index (χ2v) is 6.54. The molecule has 0 unspecified atom stereocenters. The molecule has 1 aromatic rings. The number of benzene rings is 1. The van der Waals surface area contributed by atoms with Crippen LogP contribution in [0.2, 0.25) is 0 Å². The van der Waals surface area contributed by atoms with Gasteiger partial charge in [-0.1, -0.05) is 30.3 Å². The molecule has 3 rings (SSSR count). The summed E-state index contributed by atoms with van der Waals surface area (Å²) in [6, 6.07) is 11.0. The van der Waals surface area contributed by atoms with Gasteiger partial charge in [-0.25, -0.2) is 0 Å². The highest BCUT2D eigenvalue weighted by atomic mass is 16.5. The predicted octanol–water partition coefficient (Wildman–Crippen LogP) is 1.84. The molecule has 22 heavy (non-hydrogen) atoms. The van der Waals surface area contributed by atoms with E-state index in [1.165, 1.54) is 18.4 Å². The molecule has 1 aliphatic carbocycles. The van der Waals surface area contributed by atoms with Gasteiger partial charge in [0.05, 0.1) is 19.3 Å². The number of hydrogen-bond donors (Lipinski definition) is 1. The molecule has 0 aromatic heterocycles. The van der Waals surface area contributed by atoms with Gasteiger partial charge in [0.15, 0.2) is 0 Å². The smallest absolute Gasteiger partial charge is 0.236 e. The lowest BCUT2D eigenvalue weighted by molar-refractivity contribution is -0.137. The van der Waals surface area contributed by atoms with E-state index in [-0.39, 0.29) is 12.0 Å². The highest BCUT2D eigenvalue weighted by molar-refractivity contribution is 5.78. The van der Waals surface area contributed by atoms with Crippen molar-refractivity contribution < 1.29 is 9.53 Å². The number of amides is 1. The zero-order valence-electron chi connectivity index (χ0n) is 13.3. The number of nitrogens with zero attached hydrogens (tertiary/aromatic N) is 1. The largest absolute Gasteiger partial charge is 0.375 e. The van der Waals surface area contributed by atoms with E-state index >= 15 is 0 Å². The normalized spacial score (nSPS) is 23.3. The third-order valence-electron chi connectivity index (χ3n) is 4.60. The third kappa shape index (κ3) is 4.31. The Balaban J connectivity index is 1.50. The third-order valence-corrected chi connectivity index (χ3v) is 4.60. The topological polar surface area (TPSA) is 41.6 Å². The zero-order valence-corrected chi connectivity index (χ0v) is 13.3. The summed E-state index contributed by atoms with van der Waals surface area (Å²) < 4.78 is 5.50. The lowest BCUT2D eigenvalue weighted by Gasteiger charge is -2.31. The molecule has 1 saturated heterocycles. The number of carbonyl (C=O) groups excluding carboxylic acids is 1. The maximum atomic E-state index is 12.4. The van der Waals surface area contributed by atoms with Gasteiger partial charge in [-0.15, -0.1) is 0 Å². The molecule has 2 atom stereocenters. The van der Waals surface area contributed by atoms with E-state index in [2.05, 4.69) is 29.6 Å². The van der Waals surface area contributed by atoms with E-state index in [1.807, 2.05) is 17.9 Å². The first-order valence-corrected chi connectivity index (χ1v) is 8.39. The molecule has 0 bridgehead atoms. The summed E-state index contributed by atoms with van der Waals surface area (Å²) >= 11 is 0. The molecular formula is C18H26N2O2. The van der Waals surface area contributed by atoms with Gasteiger partial charge in [0.1, 0.15) is 0 Å². The number of nitrogens with one attached hydrogen (secondary N) is 1. The van der Waals surface area contributed by atoms with Crippen LogP contribution in [0.5, 0.6) is 0 Å². The van der Waals surface area contributed by atoms with E-state index in [9.17, 15) is 4.79 Å². The molecule has 4 heteroatoms. The van der Waals surface area contributed by atoms with Crippen LogP contribution in [0.15, 0.2) is 30.3 Å². The van der Waals surface area contributed by atoms with Crippen LogP contribution in [-0.2, 0) is 16.0 Å². The minimum Gasteiger partial charge on any atom is -0.375 e. The van der Waals surface area contributed by atoms with Crippen LogP contribution in [0.3, 0.4) is 0 Å². The molecule has 0 radical (unpaired) electrons. The Kier molecular flexibility index (Phi) is 5.11. The number of rotatable bonds is 6. The highest BCUT2D eigenvalue weighted by Gasteiger charge is 2.31. The maximum absolute atomic E-state index is 12.4. The Bertz CT molecular complexity index is 487. The number of ether oxygens (including phenoxy) is 1. The Morgan fingerprint density at radius 2 is 2.14 bits per heavy atom. The van der Waals surface area contributed by atoms with Crippen LogP contribution in [0, 0.1) is 5.92 Å². The first-order chi connectivity index (χ1) is 10.7. The van der Waals surface area contributed by atoms with Gasteiger partial charge in [-0.3, -0.25) is 4.79 Å². The van der Waals surface area contributed by atoms with Crippen LogP contribution in [0.4, 0.5) is 0 Å². The number of morpholine rings is 1. The van der Waals surface area contributed by atoms with Gasteiger partial charge >= 0.3 is 0 Å². The molecule has 1 saturated carbocycles. The van der Waals surface area contributed by atoms with Crippen molar-refractivity contribution in [1.82, 2.24) is 10.2 Å². The number of hydrogen-bond acceptors (Lipinski definition) is 3. The van der Waals surface area contributed by atoms with E-state index in [4.69, 9.17) is 4.74 Å². The Morgan fingerprint density at radius 3 is 2.82 bits per heavy atom. The first kappa shape index (κ1) is 15.5. The van der Waals surface area contributed by atoms with Gasteiger partial charge in [0.25, 0.3) is 0 Å². The lowest BCUT2D eigenvalue weighted by atomic mass is 10.0. The fraction of sp³-hybridized carbons (Fsp3) is 0.611. The fourth-order valence-corrected chi connectivity index (χ4v) is 3.15. The first-order valence-electron chi connectivity index (χ1n) is 8.39. The van der Waals surface area contributed by atoms with E-state index in [1.54, 1.807) is 0 Å². The van der Waals surface area contributed by atoms with Crippen LogP contribution in [-0.4, -0.2) is 49.2 Å². The summed E-state index contributed by atoms with van der Waals surface area (Å²) in [6.07, 6.45) is 3.74. The Labute approximate surface area is 132 Å². The highest BCUT2D eigenvalue weighted by Crippen LogP contribution is 2.34.